The Bertz CT molecular complexity index is 2530. The van der Waals surface area contributed by atoms with Gasteiger partial charge < -0.3 is 9.67 Å². The highest BCUT2D eigenvalue weighted by atomic mass is 16.3. The van der Waals surface area contributed by atoms with Crippen LogP contribution in [0.25, 0.3) is 66.7 Å². The summed E-state index contributed by atoms with van der Waals surface area (Å²) >= 11 is 0. The number of fused-ring (bicyclic) bond motifs is 2. The molecule has 7 rings (SSSR count). The summed E-state index contributed by atoms with van der Waals surface area (Å²) in [4.78, 5) is 10.5. The maximum Gasteiger partial charge on any atom is 0.145 e. The lowest BCUT2D eigenvalue weighted by Crippen LogP contribution is -2.25. The molecule has 0 radical (unpaired) electrons. The molecule has 1 N–H and O–H groups in total. The number of nitrogens with zero attached hydrogens (tertiary/aromatic N) is 3. The lowest BCUT2D eigenvalue weighted by Gasteiger charge is -2.29. The van der Waals surface area contributed by atoms with Gasteiger partial charge in [0.05, 0.1) is 22.1 Å². The second-order valence-electron chi connectivity index (χ2n) is 19.0. The van der Waals surface area contributed by atoms with Gasteiger partial charge >= 0.3 is 0 Å². The summed E-state index contributed by atoms with van der Waals surface area (Å²) in [5, 5.41) is 12.7. The van der Waals surface area contributed by atoms with Crippen LogP contribution in [0.4, 0.5) is 0 Å². The molecule has 0 saturated carbocycles. The van der Waals surface area contributed by atoms with Crippen molar-refractivity contribution in [1.82, 2.24) is 14.5 Å². The van der Waals surface area contributed by atoms with E-state index in [4.69, 9.17) is 9.97 Å². The minimum Gasteiger partial charge on any atom is -0.507 e. The molecule has 4 heteroatoms. The summed E-state index contributed by atoms with van der Waals surface area (Å²) in [5.74, 6) is 1.00. The second-order valence-corrected chi connectivity index (χ2v) is 19.0. The Kier molecular flexibility index (Phi) is 8.91. The lowest BCUT2D eigenvalue weighted by molar-refractivity contribution is 0.409. The first-order chi connectivity index (χ1) is 25.2. The average Bonchev–Trinajstić information content (AvgIpc) is 3.51. The average molecular weight is 714 g/mol. The summed E-state index contributed by atoms with van der Waals surface area (Å²) in [6, 6.07) is 36.9. The standard InChI is InChI=1S/C50H55N3O/c1-47(2,3)36-20-23-42(54)40(29-36)46-52-44-38(21-22-41(49(7,8)9)45(44)53(46)50(10,11)12)34-25-33(31-17-14-13-15-18-31)26-35(27-34)39-30-37(48(4,5)6)28-32-19-16-24-51-43(32)39/h13-30,54H,1-12H3. The number of phenolic OH excluding ortho intramolecular Hbond substituents is 1. The molecular weight excluding hydrogens is 659 g/mol. The first-order valence-electron chi connectivity index (χ1n) is 19.2. The number of rotatable bonds is 4. The highest BCUT2D eigenvalue weighted by Gasteiger charge is 2.31. The zero-order chi connectivity index (χ0) is 39.0. The minimum absolute atomic E-state index is 0.0420. The van der Waals surface area contributed by atoms with Gasteiger partial charge in [-0.2, -0.15) is 0 Å². The number of benzene rings is 5. The van der Waals surface area contributed by atoms with E-state index >= 15 is 0 Å². The van der Waals surface area contributed by atoms with Gasteiger partial charge in [-0.05, 0) is 124 Å². The Hall–Kier alpha value is -5.22. The van der Waals surface area contributed by atoms with Crippen molar-refractivity contribution < 1.29 is 5.11 Å². The highest BCUT2D eigenvalue weighted by Crippen LogP contribution is 2.45. The first kappa shape index (κ1) is 37.1. The van der Waals surface area contributed by atoms with Gasteiger partial charge in [0, 0.05) is 28.2 Å². The van der Waals surface area contributed by atoms with Crippen LogP contribution in [0.1, 0.15) is 99.8 Å². The molecule has 5 aromatic carbocycles. The molecule has 0 aliphatic carbocycles. The first-order valence-corrected chi connectivity index (χ1v) is 19.2. The molecule has 7 aromatic rings. The van der Waals surface area contributed by atoms with Crippen LogP contribution in [-0.4, -0.2) is 19.6 Å². The molecule has 2 aromatic heterocycles. The third-order valence-electron chi connectivity index (χ3n) is 10.6. The van der Waals surface area contributed by atoms with Crippen molar-refractivity contribution in [3.05, 3.63) is 126 Å². The zero-order valence-electron chi connectivity index (χ0n) is 34.2. The van der Waals surface area contributed by atoms with E-state index in [-0.39, 0.29) is 27.5 Å². The second kappa shape index (κ2) is 13.0. The van der Waals surface area contributed by atoms with Crippen LogP contribution >= 0.6 is 0 Å². The van der Waals surface area contributed by atoms with Crippen molar-refractivity contribution >= 4 is 21.9 Å². The van der Waals surface area contributed by atoms with Gasteiger partial charge in [0.1, 0.15) is 11.6 Å². The number of hydrogen-bond acceptors (Lipinski definition) is 3. The predicted molar refractivity (Wildman–Crippen MR) is 230 cm³/mol. The summed E-state index contributed by atoms with van der Waals surface area (Å²) in [5.41, 5.74) is 13.4. The fourth-order valence-corrected chi connectivity index (χ4v) is 7.62. The van der Waals surface area contributed by atoms with Gasteiger partial charge in [0.25, 0.3) is 0 Å². The normalized spacial score (nSPS) is 12.9. The molecule has 2 heterocycles. The lowest BCUT2D eigenvalue weighted by atomic mass is 9.82. The van der Waals surface area contributed by atoms with Crippen molar-refractivity contribution in [2.24, 2.45) is 0 Å². The fourth-order valence-electron chi connectivity index (χ4n) is 7.62. The third-order valence-corrected chi connectivity index (χ3v) is 10.6. The smallest absolute Gasteiger partial charge is 0.145 e. The van der Waals surface area contributed by atoms with Crippen LogP contribution < -0.4 is 0 Å². The van der Waals surface area contributed by atoms with Gasteiger partial charge in [-0.25, -0.2) is 4.98 Å². The molecule has 0 unspecified atom stereocenters. The maximum atomic E-state index is 11.5. The summed E-state index contributed by atoms with van der Waals surface area (Å²) in [6.45, 7) is 26.9. The summed E-state index contributed by atoms with van der Waals surface area (Å²) < 4.78 is 2.36. The van der Waals surface area contributed by atoms with Crippen LogP contribution in [0.15, 0.2) is 109 Å². The van der Waals surface area contributed by atoms with Gasteiger partial charge in [-0.1, -0.05) is 117 Å². The van der Waals surface area contributed by atoms with Gasteiger partial charge in [0.15, 0.2) is 0 Å². The van der Waals surface area contributed by atoms with E-state index in [1.165, 1.54) is 11.1 Å². The molecular formula is C50H55N3O. The van der Waals surface area contributed by atoms with E-state index in [0.29, 0.717) is 0 Å². The van der Waals surface area contributed by atoms with Crippen molar-refractivity contribution in [2.45, 2.75) is 105 Å². The molecule has 0 aliphatic rings. The monoisotopic (exact) mass is 713 g/mol. The fraction of sp³-hybridized carbons (Fsp3) is 0.320. The van der Waals surface area contributed by atoms with Gasteiger partial charge in [-0.3, -0.25) is 4.98 Å². The van der Waals surface area contributed by atoms with Crippen LogP contribution in [0.5, 0.6) is 5.75 Å². The molecule has 4 nitrogen and oxygen atoms in total. The molecule has 276 valence electrons. The van der Waals surface area contributed by atoms with E-state index in [1.54, 1.807) is 0 Å². The van der Waals surface area contributed by atoms with Crippen LogP contribution in [-0.2, 0) is 21.8 Å². The van der Waals surface area contributed by atoms with E-state index < -0.39 is 0 Å². The molecule has 0 spiro atoms. The summed E-state index contributed by atoms with van der Waals surface area (Å²) in [7, 11) is 0. The molecule has 0 fully saturated rings. The van der Waals surface area contributed by atoms with Crippen LogP contribution in [0, 0.1) is 0 Å². The number of phenols is 1. The van der Waals surface area contributed by atoms with E-state index in [9.17, 15) is 5.11 Å². The number of pyridine rings is 1. The zero-order valence-corrected chi connectivity index (χ0v) is 34.2. The Morgan fingerprint density at radius 1 is 0.500 bits per heavy atom. The predicted octanol–water partition coefficient (Wildman–Crippen LogP) is 13.6. The number of aromatic hydroxyl groups is 1. The molecule has 54 heavy (non-hydrogen) atoms. The Labute approximate surface area is 322 Å². The van der Waals surface area contributed by atoms with Crippen molar-refractivity contribution in [2.75, 3.05) is 0 Å². The van der Waals surface area contributed by atoms with E-state index in [0.717, 1.165) is 72.3 Å². The largest absolute Gasteiger partial charge is 0.507 e. The Morgan fingerprint density at radius 2 is 1.13 bits per heavy atom. The highest BCUT2D eigenvalue weighted by molar-refractivity contribution is 6.01. The molecule has 0 atom stereocenters. The maximum absolute atomic E-state index is 11.5. The van der Waals surface area contributed by atoms with Gasteiger partial charge in [-0.15, -0.1) is 0 Å². The minimum atomic E-state index is -0.345. The Balaban J connectivity index is 1.60. The number of hydrogen-bond donors (Lipinski definition) is 1. The summed E-state index contributed by atoms with van der Waals surface area (Å²) in [6.07, 6.45) is 1.89. The Morgan fingerprint density at radius 3 is 1.76 bits per heavy atom. The SMILES string of the molecule is CC(C)(C)c1ccc(O)c(-c2nc3c(-c4cc(-c5ccccc5)cc(-c5cc(C(C)(C)C)cc6cccnc56)c4)ccc(C(C)(C)C)c3n2C(C)(C)C)c1. The third kappa shape index (κ3) is 6.83. The number of imidazole rings is 1. The quantitative estimate of drug-likeness (QED) is 0.198. The molecule has 0 bridgehead atoms. The van der Waals surface area contributed by atoms with Crippen molar-refractivity contribution in [3.63, 3.8) is 0 Å². The van der Waals surface area contributed by atoms with E-state index in [2.05, 4.69) is 173 Å². The van der Waals surface area contributed by atoms with Crippen molar-refractivity contribution in [1.29, 1.82) is 0 Å². The van der Waals surface area contributed by atoms with Crippen molar-refractivity contribution in [3.8, 4) is 50.5 Å². The van der Waals surface area contributed by atoms with E-state index in [1.807, 2.05) is 24.4 Å². The van der Waals surface area contributed by atoms with Crippen LogP contribution in [0.3, 0.4) is 0 Å². The molecule has 0 amide bonds. The molecule has 0 aliphatic heterocycles. The topological polar surface area (TPSA) is 50.9 Å². The van der Waals surface area contributed by atoms with Gasteiger partial charge in [0.2, 0.25) is 0 Å². The number of aromatic nitrogens is 3. The molecule has 0 saturated heterocycles. The van der Waals surface area contributed by atoms with Crippen LogP contribution in [0.2, 0.25) is 0 Å².